The van der Waals surface area contributed by atoms with Crippen molar-refractivity contribution in [3.05, 3.63) is 88.9 Å². The summed E-state index contributed by atoms with van der Waals surface area (Å²) in [6, 6.07) is 19.9. The van der Waals surface area contributed by atoms with Crippen LogP contribution in [0.3, 0.4) is 0 Å². The van der Waals surface area contributed by atoms with E-state index in [1.54, 1.807) is 61.5 Å². The van der Waals surface area contributed by atoms with E-state index in [0.29, 0.717) is 34.9 Å². The van der Waals surface area contributed by atoms with Gasteiger partial charge in [-0.05, 0) is 73.9 Å². The van der Waals surface area contributed by atoms with Crippen LogP contribution in [0.25, 0.3) is 0 Å². The fourth-order valence-corrected chi connectivity index (χ4v) is 4.74. The molecule has 0 aliphatic rings. The van der Waals surface area contributed by atoms with Crippen LogP contribution < -0.4 is 10.1 Å². The number of hydrogen-bond acceptors (Lipinski definition) is 6. The van der Waals surface area contributed by atoms with Crippen LogP contribution in [0, 0.1) is 0 Å². The van der Waals surface area contributed by atoms with Crippen molar-refractivity contribution in [1.82, 2.24) is 0 Å². The molecule has 0 bridgehead atoms. The van der Waals surface area contributed by atoms with Crippen molar-refractivity contribution < 1.29 is 27.5 Å². The number of ether oxygens (including phenoxy) is 2. The SMILES string of the molecule is CCOC(=O)COc1ccc(CCCS(=O)(=O)c2ccc(Cl)cc2)cc1NC(=O)c1ccccc1. The van der Waals surface area contributed by atoms with E-state index in [1.165, 1.54) is 12.1 Å². The van der Waals surface area contributed by atoms with Gasteiger partial charge in [-0.15, -0.1) is 0 Å². The molecule has 3 aromatic carbocycles. The van der Waals surface area contributed by atoms with Gasteiger partial charge in [0.1, 0.15) is 5.75 Å². The molecule has 0 saturated carbocycles. The van der Waals surface area contributed by atoms with Gasteiger partial charge in [0.15, 0.2) is 16.4 Å². The first-order valence-corrected chi connectivity index (χ1v) is 13.1. The molecule has 3 rings (SSSR count). The fourth-order valence-electron chi connectivity index (χ4n) is 3.31. The van der Waals surface area contributed by atoms with Gasteiger partial charge in [-0.3, -0.25) is 4.79 Å². The van der Waals surface area contributed by atoms with Crippen molar-refractivity contribution in [2.45, 2.75) is 24.7 Å². The molecule has 0 unspecified atom stereocenters. The monoisotopic (exact) mass is 515 g/mol. The van der Waals surface area contributed by atoms with Gasteiger partial charge in [0.25, 0.3) is 5.91 Å². The van der Waals surface area contributed by atoms with Crippen LogP contribution in [0.1, 0.15) is 29.3 Å². The highest BCUT2D eigenvalue weighted by molar-refractivity contribution is 7.91. The van der Waals surface area contributed by atoms with Gasteiger partial charge >= 0.3 is 5.97 Å². The zero-order valence-corrected chi connectivity index (χ0v) is 20.8. The molecule has 0 aliphatic carbocycles. The van der Waals surface area contributed by atoms with Crippen molar-refractivity contribution in [2.24, 2.45) is 0 Å². The van der Waals surface area contributed by atoms with Gasteiger partial charge in [0, 0.05) is 10.6 Å². The number of rotatable bonds is 11. The second-order valence-electron chi connectivity index (χ2n) is 7.62. The third-order valence-corrected chi connectivity index (χ3v) is 7.10. The fraction of sp³-hybridized carbons (Fsp3) is 0.231. The van der Waals surface area contributed by atoms with Crippen LogP contribution in [0.2, 0.25) is 5.02 Å². The maximum absolute atomic E-state index is 12.7. The van der Waals surface area contributed by atoms with Crippen molar-refractivity contribution in [3.63, 3.8) is 0 Å². The Labute approximate surface area is 209 Å². The molecular formula is C26H26ClNO6S. The van der Waals surface area contributed by atoms with Crippen LogP contribution in [-0.2, 0) is 25.8 Å². The number of sulfone groups is 1. The van der Waals surface area contributed by atoms with E-state index in [-0.39, 0.29) is 29.8 Å². The topological polar surface area (TPSA) is 98.8 Å². The number of halogens is 1. The first-order valence-electron chi connectivity index (χ1n) is 11.0. The first kappa shape index (κ1) is 26.2. The number of benzene rings is 3. The summed E-state index contributed by atoms with van der Waals surface area (Å²) in [4.78, 5) is 24.6. The van der Waals surface area contributed by atoms with Crippen LogP contribution in [-0.4, -0.2) is 39.3 Å². The van der Waals surface area contributed by atoms with E-state index < -0.39 is 15.8 Å². The summed E-state index contributed by atoms with van der Waals surface area (Å²) in [5.74, 6) is -0.597. The summed E-state index contributed by atoms with van der Waals surface area (Å²) in [5, 5.41) is 3.29. The van der Waals surface area contributed by atoms with Gasteiger partial charge in [-0.1, -0.05) is 35.9 Å². The van der Waals surface area contributed by atoms with Gasteiger partial charge in [-0.2, -0.15) is 0 Å². The molecule has 1 N–H and O–H groups in total. The molecule has 9 heteroatoms. The third-order valence-electron chi connectivity index (χ3n) is 5.03. The Bertz CT molecular complexity index is 1260. The Hall–Kier alpha value is -3.36. The number of carbonyl (C=O) groups excluding carboxylic acids is 2. The summed E-state index contributed by atoms with van der Waals surface area (Å²) in [6.07, 6.45) is 0.833. The summed E-state index contributed by atoms with van der Waals surface area (Å²) in [6.45, 7) is 1.63. The molecule has 0 fully saturated rings. The van der Waals surface area contributed by atoms with E-state index >= 15 is 0 Å². The molecule has 0 spiro atoms. The number of carbonyl (C=O) groups is 2. The standard InChI is InChI=1S/C26H26ClNO6S/c1-2-33-25(29)18-34-24-15-10-19(17-23(24)28-26(30)20-8-4-3-5-9-20)7-6-16-35(31,32)22-13-11-21(27)12-14-22/h3-5,8-15,17H,2,6-7,16,18H2,1H3,(H,28,30). The highest BCUT2D eigenvalue weighted by Gasteiger charge is 2.16. The minimum atomic E-state index is -3.45. The average Bonchev–Trinajstić information content (AvgIpc) is 2.84. The Balaban J connectivity index is 1.72. The average molecular weight is 516 g/mol. The van der Waals surface area contributed by atoms with E-state index in [0.717, 1.165) is 5.56 Å². The molecule has 7 nitrogen and oxygen atoms in total. The van der Waals surface area contributed by atoms with Gasteiger partial charge in [0.05, 0.1) is 22.9 Å². The van der Waals surface area contributed by atoms with E-state index in [9.17, 15) is 18.0 Å². The largest absolute Gasteiger partial charge is 0.480 e. The van der Waals surface area contributed by atoms with Crippen molar-refractivity contribution in [1.29, 1.82) is 0 Å². The predicted octanol–water partition coefficient (Wildman–Crippen LogP) is 4.94. The number of nitrogens with one attached hydrogen (secondary N) is 1. The van der Waals surface area contributed by atoms with Crippen LogP contribution >= 0.6 is 11.6 Å². The lowest BCUT2D eigenvalue weighted by Crippen LogP contribution is -2.17. The van der Waals surface area contributed by atoms with Gasteiger partial charge in [0.2, 0.25) is 0 Å². The van der Waals surface area contributed by atoms with Crippen LogP contribution in [0.15, 0.2) is 77.7 Å². The molecule has 35 heavy (non-hydrogen) atoms. The number of anilines is 1. The zero-order valence-electron chi connectivity index (χ0n) is 19.2. The Morgan fingerprint density at radius 1 is 0.971 bits per heavy atom. The summed E-state index contributed by atoms with van der Waals surface area (Å²) >= 11 is 5.84. The second-order valence-corrected chi connectivity index (χ2v) is 10.2. The maximum Gasteiger partial charge on any atom is 0.344 e. The van der Waals surface area contributed by atoms with E-state index in [1.807, 2.05) is 6.07 Å². The molecule has 0 radical (unpaired) electrons. The quantitative estimate of drug-likeness (QED) is 0.363. The second kappa shape index (κ2) is 12.4. The highest BCUT2D eigenvalue weighted by atomic mass is 35.5. The molecule has 3 aromatic rings. The predicted molar refractivity (Wildman–Crippen MR) is 135 cm³/mol. The van der Waals surface area contributed by atoms with Crippen molar-refractivity contribution >= 4 is 39.0 Å². The van der Waals surface area contributed by atoms with Gasteiger partial charge in [-0.25, -0.2) is 13.2 Å². The van der Waals surface area contributed by atoms with Crippen molar-refractivity contribution in [2.75, 3.05) is 24.3 Å². The molecule has 1 amide bonds. The van der Waals surface area contributed by atoms with E-state index in [4.69, 9.17) is 21.1 Å². The van der Waals surface area contributed by atoms with Crippen LogP contribution in [0.5, 0.6) is 5.75 Å². The molecule has 0 atom stereocenters. The van der Waals surface area contributed by atoms with Crippen molar-refractivity contribution in [3.8, 4) is 5.75 Å². The lowest BCUT2D eigenvalue weighted by Gasteiger charge is -2.14. The zero-order chi connectivity index (χ0) is 25.3. The smallest absolute Gasteiger partial charge is 0.344 e. The summed E-state index contributed by atoms with van der Waals surface area (Å²) in [7, 11) is -3.45. The highest BCUT2D eigenvalue weighted by Crippen LogP contribution is 2.27. The number of aryl methyl sites for hydroxylation is 1. The molecule has 0 aliphatic heterocycles. The molecular weight excluding hydrogens is 490 g/mol. The third kappa shape index (κ3) is 7.83. The minimum Gasteiger partial charge on any atom is -0.480 e. The van der Waals surface area contributed by atoms with Crippen LogP contribution in [0.4, 0.5) is 5.69 Å². The first-order chi connectivity index (χ1) is 16.8. The summed E-state index contributed by atoms with van der Waals surface area (Å²) in [5.41, 5.74) is 1.65. The molecule has 0 saturated heterocycles. The maximum atomic E-state index is 12.7. The Kier molecular flexibility index (Phi) is 9.28. The minimum absolute atomic E-state index is 0.0402. The van der Waals surface area contributed by atoms with E-state index in [2.05, 4.69) is 5.32 Å². The number of hydrogen-bond donors (Lipinski definition) is 1. The lowest BCUT2D eigenvalue weighted by atomic mass is 10.1. The molecule has 0 aromatic heterocycles. The number of amides is 1. The Morgan fingerprint density at radius 3 is 2.37 bits per heavy atom. The summed E-state index contributed by atoms with van der Waals surface area (Å²) < 4.78 is 35.7. The molecule has 0 heterocycles. The normalized spacial score (nSPS) is 11.0. The lowest BCUT2D eigenvalue weighted by molar-refractivity contribution is -0.145. The van der Waals surface area contributed by atoms with Gasteiger partial charge < -0.3 is 14.8 Å². The molecule has 184 valence electrons. The Morgan fingerprint density at radius 2 is 1.69 bits per heavy atom. The number of esters is 1.